The Bertz CT molecular complexity index is 2150. The highest BCUT2D eigenvalue weighted by Gasteiger charge is 2.36. The first-order chi connectivity index (χ1) is 20.2. The molecule has 42 heavy (non-hydrogen) atoms. The Labute approximate surface area is 235 Å². The number of aliphatic hydroxyl groups is 1. The zero-order valence-corrected chi connectivity index (χ0v) is 21.6. The Morgan fingerprint density at radius 1 is 0.738 bits per heavy atom. The zero-order valence-electron chi connectivity index (χ0n) is 21.6. The Kier molecular flexibility index (Phi) is 5.65. The lowest BCUT2D eigenvalue weighted by atomic mass is 9.94. The molecule has 0 spiro atoms. The molecule has 0 saturated carbocycles. The number of hydrogen-bond donors (Lipinski definition) is 3. The average Bonchev–Trinajstić information content (AvgIpc) is 2.94. The number of rotatable bonds is 4. The molecule has 0 saturated heterocycles. The lowest BCUT2D eigenvalue weighted by molar-refractivity contribution is -0.155. The number of phenols is 2. The van der Waals surface area contributed by atoms with Gasteiger partial charge in [-0.15, -0.1) is 0 Å². The summed E-state index contributed by atoms with van der Waals surface area (Å²) in [7, 11) is 0. The molecule has 208 valence electrons. The van der Waals surface area contributed by atoms with Crippen LogP contribution in [-0.2, 0) is 22.4 Å². The third-order valence-corrected chi connectivity index (χ3v) is 7.28. The van der Waals surface area contributed by atoms with Crippen LogP contribution in [-0.4, -0.2) is 27.6 Å². The molecule has 3 aromatic carbocycles. The van der Waals surface area contributed by atoms with Crippen LogP contribution in [0.5, 0.6) is 17.2 Å². The van der Waals surface area contributed by atoms with Crippen LogP contribution in [0.4, 0.5) is 0 Å². The van der Waals surface area contributed by atoms with Crippen molar-refractivity contribution >= 4 is 33.7 Å². The van der Waals surface area contributed by atoms with Gasteiger partial charge >= 0.3 is 17.2 Å². The number of hydrogen-bond acceptors (Lipinski definition) is 10. The van der Waals surface area contributed by atoms with Gasteiger partial charge in [-0.2, -0.15) is 0 Å². The van der Waals surface area contributed by atoms with Crippen molar-refractivity contribution in [1.29, 1.82) is 0 Å². The van der Waals surface area contributed by atoms with E-state index >= 15 is 0 Å². The van der Waals surface area contributed by atoms with Crippen LogP contribution in [0, 0.1) is 0 Å². The molecule has 1 unspecified atom stereocenters. The topological polar surface area (TPSA) is 157 Å². The summed E-state index contributed by atoms with van der Waals surface area (Å²) in [5, 5.41) is 32.5. The molecular weight excluding hydrogens is 544 g/mol. The minimum atomic E-state index is -1.18. The van der Waals surface area contributed by atoms with Crippen LogP contribution in [0.2, 0.25) is 0 Å². The van der Waals surface area contributed by atoms with E-state index in [0.717, 1.165) is 0 Å². The van der Waals surface area contributed by atoms with Gasteiger partial charge in [-0.3, -0.25) is 0 Å². The molecule has 5 aromatic rings. The summed E-state index contributed by atoms with van der Waals surface area (Å²) in [5.41, 5.74) is 1.73. The number of esters is 1. The zero-order chi connectivity index (χ0) is 29.1. The summed E-state index contributed by atoms with van der Waals surface area (Å²) in [6, 6.07) is 16.6. The number of benzene rings is 3. The number of phenolic OH excluding ortho intramolecular Hbond substituents is 2. The van der Waals surface area contributed by atoms with Crippen LogP contribution in [0.3, 0.4) is 0 Å². The van der Waals surface area contributed by atoms with E-state index in [1.54, 1.807) is 30.3 Å². The second kappa shape index (κ2) is 9.41. The number of aliphatic hydroxyl groups excluding tert-OH is 1. The maximum absolute atomic E-state index is 12.9. The van der Waals surface area contributed by atoms with Gasteiger partial charge in [0.25, 0.3) is 6.29 Å². The minimum Gasteiger partial charge on any atom is -0.508 e. The number of carbonyl (C=O) groups is 1. The van der Waals surface area contributed by atoms with Crippen LogP contribution in [0.15, 0.2) is 102 Å². The maximum atomic E-state index is 12.9. The highest BCUT2D eigenvalue weighted by Crippen LogP contribution is 2.40. The standard InChI is InChI=1S/C32H20O10/c33-19-5-7-24-20(14-19)16(12-27(35)39-24)10-18-11-22-30(37)21-9-15(4-6-25(21)41-32(22)42-31(18)38)8-17-13-28(36)40-26-3-1-2-23(34)29(17)26/h1-7,9,11-14,32-34,37H,8,10H2. The lowest BCUT2D eigenvalue weighted by Crippen LogP contribution is -2.34. The highest BCUT2D eigenvalue weighted by molar-refractivity contribution is 5.94. The van der Waals surface area contributed by atoms with E-state index in [-0.39, 0.29) is 58.2 Å². The Morgan fingerprint density at radius 3 is 2.36 bits per heavy atom. The van der Waals surface area contributed by atoms with E-state index < -0.39 is 23.5 Å². The smallest absolute Gasteiger partial charge is 0.337 e. The van der Waals surface area contributed by atoms with Crippen molar-refractivity contribution < 1.29 is 38.4 Å². The van der Waals surface area contributed by atoms with E-state index in [0.29, 0.717) is 33.0 Å². The summed E-state index contributed by atoms with van der Waals surface area (Å²) in [5.74, 6) is -0.625. The fourth-order valence-corrected chi connectivity index (χ4v) is 5.39. The third-order valence-electron chi connectivity index (χ3n) is 7.28. The number of ether oxygens (including phenoxy) is 2. The molecular formula is C32H20O10. The molecule has 10 heteroatoms. The van der Waals surface area contributed by atoms with E-state index in [2.05, 4.69) is 0 Å². The van der Waals surface area contributed by atoms with Gasteiger partial charge in [-0.25, -0.2) is 14.4 Å². The molecule has 4 heterocycles. The first-order valence-corrected chi connectivity index (χ1v) is 12.9. The van der Waals surface area contributed by atoms with Gasteiger partial charge in [-0.05, 0) is 71.7 Å². The average molecular weight is 565 g/mol. The molecule has 0 radical (unpaired) electrons. The van der Waals surface area contributed by atoms with Gasteiger partial charge in [0.05, 0.1) is 16.5 Å². The van der Waals surface area contributed by atoms with Crippen LogP contribution >= 0.6 is 0 Å². The molecule has 10 nitrogen and oxygen atoms in total. The quantitative estimate of drug-likeness (QED) is 0.208. The summed E-state index contributed by atoms with van der Waals surface area (Å²) >= 11 is 0. The Hall–Kier alpha value is -5.77. The molecule has 7 rings (SSSR count). The SMILES string of the molecule is O=C1OC2Oc3ccc(Cc4cc(=O)oc5cccc(O)c45)cc3C(O)=C2C=C1Cc1cc(=O)oc2ccc(O)cc12. The number of aromatic hydroxyl groups is 2. The van der Waals surface area contributed by atoms with E-state index in [4.69, 9.17) is 18.3 Å². The van der Waals surface area contributed by atoms with Crippen molar-refractivity contribution in [2.24, 2.45) is 0 Å². The number of carbonyl (C=O) groups excluding carboxylic acids is 1. The van der Waals surface area contributed by atoms with Gasteiger partial charge in [-0.1, -0.05) is 12.1 Å². The molecule has 0 aliphatic carbocycles. The fraction of sp³-hybridized carbons (Fsp3) is 0.0938. The van der Waals surface area contributed by atoms with Crippen molar-refractivity contribution in [2.75, 3.05) is 0 Å². The van der Waals surface area contributed by atoms with Gasteiger partial charge in [0.15, 0.2) is 0 Å². The van der Waals surface area contributed by atoms with E-state index in [1.807, 2.05) is 0 Å². The van der Waals surface area contributed by atoms with Crippen LogP contribution in [0.1, 0.15) is 22.3 Å². The first kappa shape index (κ1) is 25.2. The normalized spacial score (nSPS) is 16.0. The molecule has 1 atom stereocenters. The summed E-state index contributed by atoms with van der Waals surface area (Å²) in [6.07, 6.45) is 0.499. The molecule has 2 aliphatic heterocycles. The summed E-state index contributed by atoms with van der Waals surface area (Å²) in [4.78, 5) is 37.2. The second-order valence-electron chi connectivity index (χ2n) is 10.0. The van der Waals surface area contributed by atoms with Crippen LogP contribution in [0.25, 0.3) is 27.7 Å². The third kappa shape index (κ3) is 4.26. The molecule has 2 aliphatic rings. The molecule has 2 aromatic heterocycles. The van der Waals surface area contributed by atoms with Crippen molar-refractivity contribution in [3.63, 3.8) is 0 Å². The molecule has 0 amide bonds. The van der Waals surface area contributed by atoms with Crippen molar-refractivity contribution in [1.82, 2.24) is 0 Å². The van der Waals surface area contributed by atoms with Gasteiger partial charge in [0.1, 0.15) is 34.2 Å². The second-order valence-corrected chi connectivity index (χ2v) is 10.0. The van der Waals surface area contributed by atoms with Crippen LogP contribution < -0.4 is 16.0 Å². The lowest BCUT2D eigenvalue weighted by Gasteiger charge is -2.30. The monoisotopic (exact) mass is 564 g/mol. The van der Waals surface area contributed by atoms with Crippen molar-refractivity contribution in [3.8, 4) is 17.2 Å². The molecule has 0 bridgehead atoms. The highest BCUT2D eigenvalue weighted by atomic mass is 16.7. The van der Waals surface area contributed by atoms with Gasteiger partial charge in [0, 0.05) is 29.5 Å². The van der Waals surface area contributed by atoms with E-state index in [1.165, 1.54) is 42.5 Å². The van der Waals surface area contributed by atoms with Crippen molar-refractivity contribution in [2.45, 2.75) is 19.1 Å². The molecule has 3 N–H and O–H groups in total. The predicted octanol–water partition coefficient (Wildman–Crippen LogP) is 4.61. The predicted molar refractivity (Wildman–Crippen MR) is 149 cm³/mol. The Morgan fingerprint density at radius 2 is 1.52 bits per heavy atom. The molecule has 0 fully saturated rings. The summed E-state index contributed by atoms with van der Waals surface area (Å²) < 4.78 is 21.8. The number of fused-ring (bicyclic) bond motifs is 4. The largest absolute Gasteiger partial charge is 0.508 e. The Balaban J connectivity index is 1.27. The summed E-state index contributed by atoms with van der Waals surface area (Å²) in [6.45, 7) is 0. The van der Waals surface area contributed by atoms with Gasteiger partial charge in [0.2, 0.25) is 0 Å². The van der Waals surface area contributed by atoms with Crippen molar-refractivity contribution in [3.05, 3.63) is 127 Å². The first-order valence-electron chi connectivity index (χ1n) is 12.9. The van der Waals surface area contributed by atoms with E-state index in [9.17, 15) is 29.7 Å². The minimum absolute atomic E-state index is 0.0267. The maximum Gasteiger partial charge on any atom is 0.337 e. The fourth-order valence-electron chi connectivity index (χ4n) is 5.39. The van der Waals surface area contributed by atoms with Gasteiger partial charge < -0.3 is 33.6 Å².